The van der Waals surface area contributed by atoms with Gasteiger partial charge in [-0.25, -0.2) is 27.4 Å². The average Bonchev–Trinajstić information content (AvgIpc) is 3.28. The second-order valence-corrected chi connectivity index (χ2v) is 11.2. The van der Waals surface area contributed by atoms with Crippen LogP contribution < -0.4 is 15.8 Å². The van der Waals surface area contributed by atoms with Crippen molar-refractivity contribution in [2.24, 2.45) is 5.14 Å². The molecular formula is C22H32FN5O4S. The molecule has 2 aromatic rings. The summed E-state index contributed by atoms with van der Waals surface area (Å²) in [6, 6.07) is 5.34. The van der Waals surface area contributed by atoms with Crippen molar-refractivity contribution in [1.82, 2.24) is 15.1 Å². The number of carbonyl (C=O) groups is 1. The van der Waals surface area contributed by atoms with Gasteiger partial charge in [0.1, 0.15) is 17.7 Å². The number of aromatic nitrogens is 2. The molecule has 4 N–H and O–H groups in total. The van der Waals surface area contributed by atoms with Gasteiger partial charge in [0, 0.05) is 18.0 Å². The lowest BCUT2D eigenvalue weighted by atomic mass is 10.0. The minimum absolute atomic E-state index is 0.00485. The number of alkyl carbamates (subject to hydrolysis) is 1. The molecule has 9 nitrogen and oxygen atoms in total. The summed E-state index contributed by atoms with van der Waals surface area (Å²) in [6.07, 6.45) is 1.61. The topological polar surface area (TPSA) is 128 Å². The maximum absolute atomic E-state index is 14.6. The van der Waals surface area contributed by atoms with E-state index in [0.29, 0.717) is 12.2 Å². The van der Waals surface area contributed by atoms with Crippen LogP contribution in [0.15, 0.2) is 29.2 Å². The quantitative estimate of drug-likeness (QED) is 0.573. The first-order valence-electron chi connectivity index (χ1n) is 10.9. The molecule has 2 atom stereocenters. The zero-order valence-corrected chi connectivity index (χ0v) is 20.4. The van der Waals surface area contributed by atoms with Crippen LogP contribution >= 0.6 is 0 Å². The van der Waals surface area contributed by atoms with Gasteiger partial charge in [0.2, 0.25) is 10.0 Å². The Balaban J connectivity index is 1.81. The molecule has 182 valence electrons. The molecule has 1 aromatic heterocycles. The number of hydrogen-bond acceptors (Lipinski definition) is 6. The van der Waals surface area contributed by atoms with Gasteiger partial charge in [-0.1, -0.05) is 0 Å². The normalized spacial score (nSPS) is 19.0. The van der Waals surface area contributed by atoms with Gasteiger partial charge in [-0.15, -0.1) is 0 Å². The number of nitrogens with one attached hydrogen (secondary N) is 2. The molecule has 0 spiro atoms. The fraction of sp³-hybridized carbons (Fsp3) is 0.545. The lowest BCUT2D eigenvalue weighted by Gasteiger charge is -2.23. The predicted molar refractivity (Wildman–Crippen MR) is 123 cm³/mol. The first kappa shape index (κ1) is 25.0. The van der Waals surface area contributed by atoms with Crippen LogP contribution in [0.2, 0.25) is 0 Å². The van der Waals surface area contributed by atoms with Gasteiger partial charge in [-0.3, -0.25) is 0 Å². The van der Waals surface area contributed by atoms with Crippen molar-refractivity contribution >= 4 is 27.6 Å². The number of carbonyl (C=O) groups excluding carboxylic acids is 1. The van der Waals surface area contributed by atoms with E-state index >= 15 is 0 Å². The first-order chi connectivity index (χ1) is 15.2. The SMILES string of the molecule is CC(C)NC(=O)O[C@H]1CC[C@@H](c2cc(Nc3ccc(S(N)(=O)=O)cc3F)n(C(C)(C)C)n2)C1. The summed E-state index contributed by atoms with van der Waals surface area (Å²) >= 11 is 0. The van der Waals surface area contributed by atoms with Crippen LogP contribution in [0.5, 0.6) is 0 Å². The van der Waals surface area contributed by atoms with Gasteiger partial charge in [0.05, 0.1) is 21.8 Å². The zero-order chi connectivity index (χ0) is 24.6. The minimum Gasteiger partial charge on any atom is -0.446 e. The molecule has 3 rings (SSSR count). The van der Waals surface area contributed by atoms with Crippen LogP contribution in [0.25, 0.3) is 0 Å². The summed E-state index contributed by atoms with van der Waals surface area (Å²) in [4.78, 5) is 11.6. The van der Waals surface area contributed by atoms with Gasteiger partial charge in [0.15, 0.2) is 0 Å². The van der Waals surface area contributed by atoms with E-state index in [1.807, 2.05) is 40.7 Å². The Morgan fingerprint density at radius 2 is 1.97 bits per heavy atom. The number of sulfonamides is 1. The Hall–Kier alpha value is -2.66. The molecule has 0 radical (unpaired) electrons. The highest BCUT2D eigenvalue weighted by Gasteiger charge is 2.32. The summed E-state index contributed by atoms with van der Waals surface area (Å²) < 4.78 is 44.8. The third-order valence-corrected chi connectivity index (χ3v) is 6.29. The highest BCUT2D eigenvalue weighted by atomic mass is 32.2. The Morgan fingerprint density at radius 3 is 2.55 bits per heavy atom. The smallest absolute Gasteiger partial charge is 0.407 e. The number of benzene rings is 1. The monoisotopic (exact) mass is 481 g/mol. The Bertz CT molecular complexity index is 1120. The fourth-order valence-electron chi connectivity index (χ4n) is 3.85. The zero-order valence-electron chi connectivity index (χ0n) is 19.6. The van der Waals surface area contributed by atoms with Crippen molar-refractivity contribution in [2.45, 2.75) is 82.4 Å². The van der Waals surface area contributed by atoms with E-state index in [9.17, 15) is 17.6 Å². The number of nitrogens with zero attached hydrogens (tertiary/aromatic N) is 2. The molecule has 1 aliphatic carbocycles. The number of nitrogens with two attached hydrogens (primary N) is 1. The highest BCUT2D eigenvalue weighted by molar-refractivity contribution is 7.89. The summed E-state index contributed by atoms with van der Waals surface area (Å²) in [5.74, 6) is -0.0717. The molecule has 1 saturated carbocycles. The maximum Gasteiger partial charge on any atom is 0.407 e. The van der Waals surface area contributed by atoms with Crippen LogP contribution in [0.1, 0.15) is 65.5 Å². The van der Waals surface area contributed by atoms with Gasteiger partial charge in [0.25, 0.3) is 0 Å². The molecule has 1 aromatic carbocycles. The number of hydrogen-bond donors (Lipinski definition) is 3. The van der Waals surface area contributed by atoms with E-state index in [1.54, 1.807) is 4.68 Å². The van der Waals surface area contributed by atoms with E-state index in [0.717, 1.165) is 24.6 Å². The van der Waals surface area contributed by atoms with E-state index in [-0.39, 0.29) is 28.6 Å². The summed E-state index contributed by atoms with van der Waals surface area (Å²) in [5, 5.41) is 15.6. The molecule has 1 amide bonds. The molecule has 1 fully saturated rings. The number of anilines is 2. The van der Waals surface area contributed by atoms with Crippen molar-refractivity contribution in [3.63, 3.8) is 0 Å². The standard InChI is InChI=1S/C22H32FN5O4S/c1-13(2)25-21(29)32-15-7-6-14(10-15)19-12-20(28(27-19)22(3,4)5)26-18-9-8-16(11-17(18)23)33(24,30)31/h8-9,11-15,26H,6-7,10H2,1-5H3,(H,25,29)(H2,24,30,31)/t14-,15+/m1/s1. The van der Waals surface area contributed by atoms with Crippen molar-refractivity contribution < 1.29 is 22.3 Å². The Kier molecular flexibility index (Phi) is 7.04. The van der Waals surface area contributed by atoms with Crippen molar-refractivity contribution in [3.8, 4) is 0 Å². The van der Waals surface area contributed by atoms with E-state index < -0.39 is 27.5 Å². The first-order valence-corrected chi connectivity index (χ1v) is 12.5. The Labute approximate surface area is 193 Å². The molecule has 0 aliphatic heterocycles. The summed E-state index contributed by atoms with van der Waals surface area (Å²) in [6.45, 7) is 9.68. The lowest BCUT2D eigenvalue weighted by Crippen LogP contribution is -2.33. The second-order valence-electron chi connectivity index (χ2n) is 9.69. The van der Waals surface area contributed by atoms with Crippen LogP contribution in [0, 0.1) is 5.82 Å². The summed E-state index contributed by atoms with van der Waals surface area (Å²) in [7, 11) is -4.00. The molecule has 11 heteroatoms. The number of primary sulfonamides is 1. The van der Waals surface area contributed by atoms with E-state index in [2.05, 4.69) is 10.6 Å². The van der Waals surface area contributed by atoms with Crippen molar-refractivity contribution in [3.05, 3.63) is 35.8 Å². The van der Waals surface area contributed by atoms with Crippen molar-refractivity contribution in [2.75, 3.05) is 5.32 Å². The lowest BCUT2D eigenvalue weighted by molar-refractivity contribution is 0.0981. The van der Waals surface area contributed by atoms with Crippen molar-refractivity contribution in [1.29, 1.82) is 0 Å². The third kappa shape index (κ3) is 6.23. The molecule has 33 heavy (non-hydrogen) atoms. The molecule has 0 saturated heterocycles. The number of amides is 1. The fourth-order valence-corrected chi connectivity index (χ4v) is 4.37. The molecule has 1 aliphatic rings. The van der Waals surface area contributed by atoms with Gasteiger partial charge in [-0.2, -0.15) is 5.10 Å². The average molecular weight is 482 g/mol. The van der Waals surface area contributed by atoms with E-state index in [4.69, 9.17) is 15.0 Å². The molecule has 0 unspecified atom stereocenters. The number of halogens is 1. The minimum atomic E-state index is -4.00. The highest BCUT2D eigenvalue weighted by Crippen LogP contribution is 2.38. The Morgan fingerprint density at radius 1 is 1.27 bits per heavy atom. The van der Waals surface area contributed by atoms with Crippen LogP contribution in [-0.2, 0) is 20.3 Å². The van der Waals surface area contributed by atoms with E-state index in [1.165, 1.54) is 12.1 Å². The summed E-state index contributed by atoms with van der Waals surface area (Å²) in [5.41, 5.74) is 0.533. The molecule has 0 bridgehead atoms. The second kappa shape index (κ2) is 9.30. The van der Waals surface area contributed by atoms with Crippen LogP contribution in [0.3, 0.4) is 0 Å². The molecule has 1 heterocycles. The van der Waals surface area contributed by atoms with Gasteiger partial charge >= 0.3 is 6.09 Å². The number of ether oxygens (including phenoxy) is 1. The number of rotatable bonds is 6. The maximum atomic E-state index is 14.6. The van der Waals surface area contributed by atoms with Gasteiger partial charge in [-0.05, 0) is 72.1 Å². The van der Waals surface area contributed by atoms with Gasteiger partial charge < -0.3 is 15.4 Å². The third-order valence-electron chi connectivity index (χ3n) is 5.38. The van der Waals surface area contributed by atoms with Crippen LogP contribution in [-0.4, -0.2) is 36.4 Å². The largest absolute Gasteiger partial charge is 0.446 e. The molecular weight excluding hydrogens is 449 g/mol. The predicted octanol–water partition coefficient (Wildman–Crippen LogP) is 3.94. The van der Waals surface area contributed by atoms with Crippen LogP contribution in [0.4, 0.5) is 20.7 Å².